The van der Waals surface area contributed by atoms with Crippen LogP contribution in [0.5, 0.6) is 0 Å². The first kappa shape index (κ1) is 16.8. The van der Waals surface area contributed by atoms with E-state index < -0.39 is 0 Å². The van der Waals surface area contributed by atoms with E-state index in [0.29, 0.717) is 19.1 Å². The van der Waals surface area contributed by atoms with Gasteiger partial charge in [-0.1, -0.05) is 0 Å². The molecule has 1 atom stereocenters. The second-order valence-electron chi connectivity index (χ2n) is 5.03. The lowest BCUT2D eigenvalue weighted by Gasteiger charge is -2.16. The fraction of sp³-hybridized carbons (Fsp3) is 0.500. The van der Waals surface area contributed by atoms with Gasteiger partial charge in [0, 0.05) is 31.5 Å². The minimum atomic E-state index is -0.301. The van der Waals surface area contributed by atoms with Crippen molar-refractivity contribution < 1.29 is 9.53 Å². The predicted octanol–water partition coefficient (Wildman–Crippen LogP) is 0.445. The molecule has 0 aliphatic rings. The molecule has 9 nitrogen and oxygen atoms in total. The quantitative estimate of drug-likeness (QED) is 0.675. The molecule has 2 N–H and O–H groups in total. The van der Waals surface area contributed by atoms with Crippen molar-refractivity contribution in [3.05, 3.63) is 30.1 Å². The Kier molecular flexibility index (Phi) is 5.98. The van der Waals surface area contributed by atoms with Crippen molar-refractivity contribution in [2.75, 3.05) is 25.1 Å². The smallest absolute Gasteiger partial charge is 0.325 e. The number of nitrogens with one attached hydrogen (secondary N) is 2. The molecular formula is C14H21N7O2. The standard InChI is InChI=1S/C14H21N7O2/c1-4-23-12(22)8-21(3)14-16-6-11(7-17-14)5-15-10(2)13-18-9-19-20-13/h6-7,9-10,15H,4-5,8H2,1-3H3,(H,18,19,20)/t10-/m1/s1. The zero-order chi connectivity index (χ0) is 16.7. The van der Waals surface area contributed by atoms with Gasteiger partial charge in [0.05, 0.1) is 12.6 Å². The van der Waals surface area contributed by atoms with Crippen LogP contribution in [-0.2, 0) is 16.1 Å². The van der Waals surface area contributed by atoms with Gasteiger partial charge in [-0.15, -0.1) is 0 Å². The average molecular weight is 319 g/mol. The fourth-order valence-corrected chi connectivity index (χ4v) is 1.90. The van der Waals surface area contributed by atoms with Crippen molar-refractivity contribution >= 4 is 11.9 Å². The summed E-state index contributed by atoms with van der Waals surface area (Å²) >= 11 is 0. The maximum atomic E-state index is 11.4. The van der Waals surface area contributed by atoms with Crippen molar-refractivity contribution in [3.63, 3.8) is 0 Å². The summed E-state index contributed by atoms with van der Waals surface area (Å²) in [6.45, 7) is 4.85. The maximum absolute atomic E-state index is 11.4. The van der Waals surface area contributed by atoms with E-state index in [1.54, 1.807) is 31.3 Å². The molecular weight excluding hydrogens is 298 g/mol. The molecule has 2 aromatic rings. The molecule has 0 amide bonds. The van der Waals surface area contributed by atoms with Crippen LogP contribution in [0.1, 0.15) is 31.3 Å². The van der Waals surface area contributed by atoms with Gasteiger partial charge in [0.25, 0.3) is 0 Å². The van der Waals surface area contributed by atoms with Gasteiger partial charge in [-0.3, -0.25) is 9.89 Å². The molecule has 2 rings (SSSR count). The number of rotatable bonds is 8. The largest absolute Gasteiger partial charge is 0.465 e. The van der Waals surface area contributed by atoms with Crippen molar-refractivity contribution in [1.82, 2.24) is 30.5 Å². The number of likely N-dealkylation sites (N-methyl/N-ethyl adjacent to an activating group) is 1. The molecule has 2 heterocycles. The number of ether oxygens (including phenoxy) is 1. The summed E-state index contributed by atoms with van der Waals surface area (Å²) in [6, 6.07) is 0.0451. The van der Waals surface area contributed by atoms with Crippen LogP contribution >= 0.6 is 0 Å². The first-order valence-corrected chi connectivity index (χ1v) is 7.36. The Morgan fingerprint density at radius 1 is 1.39 bits per heavy atom. The monoisotopic (exact) mass is 319 g/mol. The molecule has 0 saturated heterocycles. The first-order chi connectivity index (χ1) is 11.1. The lowest BCUT2D eigenvalue weighted by atomic mass is 10.3. The van der Waals surface area contributed by atoms with Gasteiger partial charge in [-0.25, -0.2) is 15.0 Å². The summed E-state index contributed by atoms with van der Waals surface area (Å²) in [5.74, 6) is 0.951. The summed E-state index contributed by atoms with van der Waals surface area (Å²) in [7, 11) is 1.75. The van der Waals surface area contributed by atoms with Crippen molar-refractivity contribution in [3.8, 4) is 0 Å². The molecule has 2 aromatic heterocycles. The van der Waals surface area contributed by atoms with Gasteiger partial charge in [0.1, 0.15) is 18.7 Å². The number of anilines is 1. The molecule has 0 aliphatic carbocycles. The molecule has 0 radical (unpaired) electrons. The molecule has 0 aliphatic heterocycles. The Morgan fingerprint density at radius 2 is 2.13 bits per heavy atom. The zero-order valence-corrected chi connectivity index (χ0v) is 13.5. The van der Waals surface area contributed by atoms with Crippen molar-refractivity contribution in [1.29, 1.82) is 0 Å². The summed E-state index contributed by atoms with van der Waals surface area (Å²) < 4.78 is 4.90. The van der Waals surface area contributed by atoms with E-state index in [9.17, 15) is 4.79 Å². The van der Waals surface area contributed by atoms with Gasteiger partial charge < -0.3 is 15.0 Å². The van der Waals surface area contributed by atoms with E-state index in [2.05, 4.69) is 30.5 Å². The third-order valence-corrected chi connectivity index (χ3v) is 3.16. The van der Waals surface area contributed by atoms with Crippen molar-refractivity contribution in [2.24, 2.45) is 0 Å². The maximum Gasteiger partial charge on any atom is 0.325 e. The van der Waals surface area contributed by atoms with E-state index in [1.807, 2.05) is 6.92 Å². The number of nitrogens with zero attached hydrogens (tertiary/aromatic N) is 5. The van der Waals surface area contributed by atoms with Gasteiger partial charge in [-0.2, -0.15) is 5.10 Å². The number of hydrogen-bond donors (Lipinski definition) is 2. The number of aromatic nitrogens is 5. The SMILES string of the molecule is CCOC(=O)CN(C)c1ncc(CN[C@H](C)c2ncn[nH]2)cn1. The Balaban J connectivity index is 1.85. The first-order valence-electron chi connectivity index (χ1n) is 7.36. The van der Waals surface area contributed by atoms with Crippen LogP contribution in [0.15, 0.2) is 18.7 Å². The summed E-state index contributed by atoms with van der Waals surface area (Å²) in [5, 5.41) is 9.94. The molecule has 0 saturated carbocycles. The fourth-order valence-electron chi connectivity index (χ4n) is 1.90. The van der Waals surface area contributed by atoms with E-state index in [0.717, 1.165) is 11.4 Å². The van der Waals surface area contributed by atoms with Crippen LogP contribution in [0.4, 0.5) is 5.95 Å². The van der Waals surface area contributed by atoms with Crippen LogP contribution < -0.4 is 10.2 Å². The predicted molar refractivity (Wildman–Crippen MR) is 83.6 cm³/mol. The highest BCUT2D eigenvalue weighted by Crippen LogP contribution is 2.08. The molecule has 124 valence electrons. The summed E-state index contributed by atoms with van der Waals surface area (Å²) in [4.78, 5) is 25.7. The molecule has 0 spiro atoms. The van der Waals surface area contributed by atoms with E-state index in [-0.39, 0.29) is 18.6 Å². The number of carbonyl (C=O) groups is 1. The Labute approximate surface area is 134 Å². The highest BCUT2D eigenvalue weighted by molar-refractivity contribution is 5.74. The highest BCUT2D eigenvalue weighted by Gasteiger charge is 2.11. The lowest BCUT2D eigenvalue weighted by Crippen LogP contribution is -2.28. The molecule has 0 aromatic carbocycles. The average Bonchev–Trinajstić information content (AvgIpc) is 3.07. The number of hydrogen-bond acceptors (Lipinski definition) is 8. The second kappa shape index (κ2) is 8.18. The van der Waals surface area contributed by atoms with Crippen LogP contribution in [0.25, 0.3) is 0 Å². The number of esters is 1. The molecule has 23 heavy (non-hydrogen) atoms. The minimum Gasteiger partial charge on any atom is -0.465 e. The topological polar surface area (TPSA) is 109 Å². The van der Waals surface area contributed by atoms with Gasteiger partial charge in [0.15, 0.2) is 0 Å². The van der Waals surface area contributed by atoms with Crippen LogP contribution in [0.2, 0.25) is 0 Å². The van der Waals surface area contributed by atoms with Crippen LogP contribution in [-0.4, -0.2) is 51.3 Å². The van der Waals surface area contributed by atoms with Gasteiger partial charge in [0.2, 0.25) is 5.95 Å². The third kappa shape index (κ3) is 4.99. The summed E-state index contributed by atoms with van der Waals surface area (Å²) in [6.07, 6.45) is 4.93. The molecule has 9 heteroatoms. The number of aromatic amines is 1. The van der Waals surface area contributed by atoms with E-state index in [1.165, 1.54) is 6.33 Å². The lowest BCUT2D eigenvalue weighted by molar-refractivity contribution is -0.141. The van der Waals surface area contributed by atoms with Gasteiger partial charge >= 0.3 is 5.97 Å². The summed E-state index contributed by atoms with van der Waals surface area (Å²) in [5.41, 5.74) is 0.935. The Hall–Kier alpha value is -2.55. The third-order valence-electron chi connectivity index (χ3n) is 3.16. The Morgan fingerprint density at radius 3 is 2.74 bits per heavy atom. The van der Waals surface area contributed by atoms with Crippen LogP contribution in [0, 0.1) is 0 Å². The zero-order valence-electron chi connectivity index (χ0n) is 13.5. The van der Waals surface area contributed by atoms with E-state index >= 15 is 0 Å². The normalized spacial score (nSPS) is 12.0. The Bertz CT molecular complexity index is 600. The molecule has 0 unspecified atom stereocenters. The van der Waals surface area contributed by atoms with E-state index in [4.69, 9.17) is 4.74 Å². The van der Waals surface area contributed by atoms with Gasteiger partial charge in [-0.05, 0) is 13.8 Å². The number of H-pyrrole nitrogens is 1. The number of carbonyl (C=O) groups excluding carboxylic acids is 1. The highest BCUT2D eigenvalue weighted by atomic mass is 16.5. The van der Waals surface area contributed by atoms with Crippen LogP contribution in [0.3, 0.4) is 0 Å². The molecule has 0 bridgehead atoms. The second-order valence-corrected chi connectivity index (χ2v) is 5.03. The molecule has 0 fully saturated rings. The minimum absolute atomic E-state index is 0.0451. The van der Waals surface area contributed by atoms with Crippen molar-refractivity contribution in [2.45, 2.75) is 26.4 Å².